The summed E-state index contributed by atoms with van der Waals surface area (Å²) in [5.41, 5.74) is 2.06. The van der Waals surface area contributed by atoms with Crippen molar-refractivity contribution in [1.29, 1.82) is 0 Å². The van der Waals surface area contributed by atoms with Crippen LogP contribution in [-0.2, 0) is 9.59 Å². The van der Waals surface area contributed by atoms with E-state index in [0.29, 0.717) is 28.9 Å². The minimum absolute atomic E-state index is 0.0123. The first kappa shape index (κ1) is 28.3. The first-order valence-corrected chi connectivity index (χ1v) is 13.4. The van der Waals surface area contributed by atoms with Crippen molar-refractivity contribution < 1.29 is 18.8 Å². The molecule has 0 aliphatic carbocycles. The summed E-state index contributed by atoms with van der Waals surface area (Å²) in [7, 11) is 0. The lowest BCUT2D eigenvalue weighted by Crippen LogP contribution is -2.30. The molecule has 3 aromatic carbocycles. The molecule has 7 nitrogen and oxygen atoms in total. The standard InChI is InChI=1S/C31H27FN4O3S/c1-2-28(31(39)34-24-15-17-33-18-16-24)40-26-10-6-9-25(20-26)35-30(38)27(19-21-11-13-23(32)14-12-21)36-29(37)22-7-4-3-5-8-22/h3-20,28H,2H2,1H3,(H,35,38)(H,36,37)(H,33,34,39)/b27-19-. The normalized spacial score (nSPS) is 11.8. The zero-order valence-electron chi connectivity index (χ0n) is 21.6. The molecule has 0 bridgehead atoms. The molecule has 0 spiro atoms. The van der Waals surface area contributed by atoms with E-state index < -0.39 is 17.6 Å². The number of carbonyl (C=O) groups excluding carboxylic acids is 3. The van der Waals surface area contributed by atoms with Crippen LogP contribution in [0.15, 0.2) is 114 Å². The van der Waals surface area contributed by atoms with Crippen molar-refractivity contribution in [3.63, 3.8) is 0 Å². The van der Waals surface area contributed by atoms with Gasteiger partial charge in [0.1, 0.15) is 11.5 Å². The second-order valence-electron chi connectivity index (χ2n) is 8.65. The van der Waals surface area contributed by atoms with Gasteiger partial charge in [0, 0.05) is 34.2 Å². The highest BCUT2D eigenvalue weighted by Gasteiger charge is 2.19. The molecule has 3 N–H and O–H groups in total. The number of pyridine rings is 1. The fraction of sp³-hybridized carbons (Fsp3) is 0.0968. The van der Waals surface area contributed by atoms with E-state index in [4.69, 9.17) is 0 Å². The van der Waals surface area contributed by atoms with Crippen molar-refractivity contribution in [1.82, 2.24) is 10.3 Å². The summed E-state index contributed by atoms with van der Waals surface area (Å²) in [6.45, 7) is 1.93. The van der Waals surface area contributed by atoms with Crippen LogP contribution in [-0.4, -0.2) is 28.0 Å². The van der Waals surface area contributed by atoms with Gasteiger partial charge in [-0.2, -0.15) is 0 Å². The van der Waals surface area contributed by atoms with E-state index in [9.17, 15) is 18.8 Å². The number of hydrogen-bond acceptors (Lipinski definition) is 5. The Labute approximate surface area is 235 Å². The monoisotopic (exact) mass is 554 g/mol. The lowest BCUT2D eigenvalue weighted by molar-refractivity contribution is -0.116. The second kappa shape index (κ2) is 13.9. The van der Waals surface area contributed by atoms with Crippen molar-refractivity contribution in [2.45, 2.75) is 23.5 Å². The van der Waals surface area contributed by atoms with Crippen molar-refractivity contribution in [2.75, 3.05) is 10.6 Å². The average molecular weight is 555 g/mol. The minimum Gasteiger partial charge on any atom is -0.325 e. The third kappa shape index (κ3) is 8.12. The van der Waals surface area contributed by atoms with E-state index in [2.05, 4.69) is 20.9 Å². The molecule has 0 fully saturated rings. The number of carbonyl (C=O) groups is 3. The number of thioether (sulfide) groups is 1. The summed E-state index contributed by atoms with van der Waals surface area (Å²) in [4.78, 5) is 43.7. The van der Waals surface area contributed by atoms with Crippen LogP contribution < -0.4 is 16.0 Å². The number of rotatable bonds is 10. The number of hydrogen-bond donors (Lipinski definition) is 3. The van der Waals surface area contributed by atoms with Crippen LogP contribution in [0.5, 0.6) is 0 Å². The summed E-state index contributed by atoms with van der Waals surface area (Å²) in [5, 5.41) is 8.01. The maximum Gasteiger partial charge on any atom is 0.272 e. The number of nitrogens with one attached hydrogen (secondary N) is 3. The summed E-state index contributed by atoms with van der Waals surface area (Å²) in [6.07, 6.45) is 5.28. The second-order valence-corrected chi connectivity index (χ2v) is 9.93. The van der Waals surface area contributed by atoms with E-state index in [0.717, 1.165) is 4.90 Å². The Hall–Kier alpha value is -4.76. The predicted molar refractivity (Wildman–Crippen MR) is 156 cm³/mol. The Morgan fingerprint density at radius 2 is 1.60 bits per heavy atom. The molecule has 4 rings (SSSR count). The topological polar surface area (TPSA) is 100 Å². The molecule has 1 unspecified atom stereocenters. The molecular weight excluding hydrogens is 527 g/mol. The fourth-order valence-electron chi connectivity index (χ4n) is 3.66. The Morgan fingerprint density at radius 1 is 0.875 bits per heavy atom. The van der Waals surface area contributed by atoms with Gasteiger partial charge in [0.2, 0.25) is 5.91 Å². The van der Waals surface area contributed by atoms with Gasteiger partial charge in [0.25, 0.3) is 11.8 Å². The van der Waals surface area contributed by atoms with Crippen molar-refractivity contribution in [3.8, 4) is 0 Å². The van der Waals surface area contributed by atoms with Crippen LogP contribution in [0, 0.1) is 5.82 Å². The molecule has 9 heteroatoms. The van der Waals surface area contributed by atoms with Crippen molar-refractivity contribution in [2.24, 2.45) is 0 Å². The third-order valence-corrected chi connectivity index (χ3v) is 7.05. The summed E-state index contributed by atoms with van der Waals surface area (Å²) in [5.74, 6) is -1.57. The van der Waals surface area contributed by atoms with Gasteiger partial charge in [0.05, 0.1) is 5.25 Å². The molecule has 4 aromatic rings. The van der Waals surface area contributed by atoms with E-state index in [-0.39, 0.29) is 16.9 Å². The average Bonchev–Trinajstić information content (AvgIpc) is 2.97. The smallest absolute Gasteiger partial charge is 0.272 e. The van der Waals surface area contributed by atoms with Gasteiger partial charge in [-0.3, -0.25) is 19.4 Å². The van der Waals surface area contributed by atoms with Crippen LogP contribution in [0.1, 0.15) is 29.3 Å². The van der Waals surface area contributed by atoms with Crippen LogP contribution >= 0.6 is 11.8 Å². The van der Waals surface area contributed by atoms with Gasteiger partial charge in [-0.25, -0.2) is 4.39 Å². The van der Waals surface area contributed by atoms with Gasteiger partial charge in [0.15, 0.2) is 0 Å². The number of amides is 3. The quantitative estimate of drug-likeness (QED) is 0.162. The van der Waals surface area contributed by atoms with Gasteiger partial charge in [-0.05, 0) is 72.7 Å². The van der Waals surface area contributed by atoms with E-state index in [1.165, 1.54) is 42.1 Å². The lowest BCUT2D eigenvalue weighted by atomic mass is 10.1. The highest BCUT2D eigenvalue weighted by molar-refractivity contribution is 8.00. The Kier molecular flexibility index (Phi) is 9.79. The molecule has 1 atom stereocenters. The number of nitrogens with zero attached hydrogens (tertiary/aromatic N) is 1. The van der Waals surface area contributed by atoms with Crippen molar-refractivity contribution in [3.05, 3.63) is 126 Å². The molecule has 1 heterocycles. The Morgan fingerprint density at radius 3 is 2.30 bits per heavy atom. The fourth-order valence-corrected chi connectivity index (χ4v) is 4.67. The zero-order chi connectivity index (χ0) is 28.3. The van der Waals surface area contributed by atoms with Crippen LogP contribution in [0.2, 0.25) is 0 Å². The highest BCUT2D eigenvalue weighted by Crippen LogP contribution is 2.28. The third-order valence-electron chi connectivity index (χ3n) is 5.69. The first-order chi connectivity index (χ1) is 19.4. The zero-order valence-corrected chi connectivity index (χ0v) is 22.5. The molecular formula is C31H27FN4O3S. The summed E-state index contributed by atoms with van der Waals surface area (Å²) >= 11 is 1.38. The number of aromatic nitrogens is 1. The number of benzene rings is 3. The molecule has 202 valence electrons. The predicted octanol–water partition coefficient (Wildman–Crippen LogP) is 6.14. The van der Waals surface area contributed by atoms with Crippen molar-refractivity contribution >= 4 is 46.9 Å². The minimum atomic E-state index is -0.557. The van der Waals surface area contributed by atoms with Crippen LogP contribution in [0.4, 0.5) is 15.8 Å². The summed E-state index contributed by atoms with van der Waals surface area (Å²) in [6, 6.07) is 24.6. The maximum absolute atomic E-state index is 13.4. The summed E-state index contributed by atoms with van der Waals surface area (Å²) < 4.78 is 13.4. The number of anilines is 2. The Bertz CT molecular complexity index is 1500. The first-order valence-electron chi connectivity index (χ1n) is 12.5. The molecule has 0 aliphatic rings. The van der Waals surface area contributed by atoms with Gasteiger partial charge >= 0.3 is 0 Å². The molecule has 0 radical (unpaired) electrons. The molecule has 0 saturated carbocycles. The largest absolute Gasteiger partial charge is 0.325 e. The lowest BCUT2D eigenvalue weighted by Gasteiger charge is -2.16. The van der Waals surface area contributed by atoms with E-state index >= 15 is 0 Å². The number of halogens is 1. The Balaban J connectivity index is 1.50. The highest BCUT2D eigenvalue weighted by atomic mass is 32.2. The van der Waals surface area contributed by atoms with Crippen LogP contribution in [0.3, 0.4) is 0 Å². The van der Waals surface area contributed by atoms with E-state index in [1.807, 2.05) is 13.0 Å². The van der Waals surface area contributed by atoms with Gasteiger partial charge in [-0.15, -0.1) is 11.8 Å². The molecule has 40 heavy (non-hydrogen) atoms. The van der Waals surface area contributed by atoms with Gasteiger partial charge < -0.3 is 16.0 Å². The molecule has 0 aliphatic heterocycles. The molecule has 0 saturated heterocycles. The maximum atomic E-state index is 13.4. The van der Waals surface area contributed by atoms with Gasteiger partial charge in [-0.1, -0.05) is 43.3 Å². The molecule has 3 amide bonds. The van der Waals surface area contributed by atoms with Crippen LogP contribution in [0.25, 0.3) is 6.08 Å². The molecule has 1 aromatic heterocycles. The van der Waals surface area contributed by atoms with E-state index in [1.54, 1.807) is 73.1 Å². The SMILES string of the molecule is CCC(Sc1cccc(NC(=O)/C(=C/c2ccc(F)cc2)NC(=O)c2ccccc2)c1)C(=O)Nc1ccncc1.